The highest BCUT2D eigenvalue weighted by molar-refractivity contribution is 5.78. The molecule has 4 rings (SSSR count). The fraction of sp³-hybridized carbons (Fsp3) is 0.929. The Kier molecular flexibility index (Phi) is 2.90. The summed E-state index contributed by atoms with van der Waals surface area (Å²) in [6.07, 6.45) is 6.90. The maximum atomic E-state index is 11.2. The Hall–Kier alpha value is -0.610. The summed E-state index contributed by atoms with van der Waals surface area (Å²) in [5, 5.41) is 18.5. The molecule has 4 aliphatic rings. The molecule has 4 bridgehead atoms. The first kappa shape index (κ1) is 12.4. The van der Waals surface area contributed by atoms with E-state index in [1.165, 1.54) is 32.1 Å². The van der Waals surface area contributed by atoms with Crippen LogP contribution in [-0.4, -0.2) is 28.3 Å². The van der Waals surface area contributed by atoms with Gasteiger partial charge in [-0.2, -0.15) is 0 Å². The minimum absolute atomic E-state index is 0.422. The zero-order chi connectivity index (χ0) is 12.9. The SMILES string of the molecule is NC(CO)(CC1C2CC3CC(C2)CC1C3)C(=O)O. The van der Waals surface area contributed by atoms with E-state index in [0.717, 1.165) is 11.8 Å². The summed E-state index contributed by atoms with van der Waals surface area (Å²) in [6, 6.07) is 0. The Morgan fingerprint density at radius 2 is 1.61 bits per heavy atom. The number of hydrogen-bond acceptors (Lipinski definition) is 3. The smallest absolute Gasteiger partial charge is 0.326 e. The second kappa shape index (κ2) is 4.20. The molecule has 102 valence electrons. The van der Waals surface area contributed by atoms with E-state index < -0.39 is 18.1 Å². The fourth-order valence-corrected chi connectivity index (χ4v) is 5.01. The van der Waals surface area contributed by atoms with Gasteiger partial charge < -0.3 is 15.9 Å². The maximum Gasteiger partial charge on any atom is 0.326 e. The quantitative estimate of drug-likeness (QED) is 0.703. The molecule has 18 heavy (non-hydrogen) atoms. The third-order valence-electron chi connectivity index (χ3n) is 5.73. The van der Waals surface area contributed by atoms with Gasteiger partial charge in [0.25, 0.3) is 0 Å². The molecule has 0 saturated heterocycles. The molecule has 4 aliphatic carbocycles. The van der Waals surface area contributed by atoms with E-state index in [0.29, 0.717) is 24.2 Å². The summed E-state index contributed by atoms with van der Waals surface area (Å²) in [7, 11) is 0. The topological polar surface area (TPSA) is 83.5 Å². The van der Waals surface area contributed by atoms with Crippen LogP contribution in [0, 0.1) is 29.6 Å². The number of rotatable bonds is 4. The third kappa shape index (κ3) is 1.86. The summed E-state index contributed by atoms with van der Waals surface area (Å²) in [5.74, 6) is 2.46. The van der Waals surface area contributed by atoms with E-state index in [9.17, 15) is 15.0 Å². The predicted molar refractivity (Wildman–Crippen MR) is 66.8 cm³/mol. The number of carboxylic acids is 1. The van der Waals surface area contributed by atoms with E-state index >= 15 is 0 Å². The summed E-state index contributed by atoms with van der Waals surface area (Å²) in [6.45, 7) is -0.453. The van der Waals surface area contributed by atoms with Gasteiger partial charge in [-0.15, -0.1) is 0 Å². The van der Waals surface area contributed by atoms with E-state index in [1.54, 1.807) is 0 Å². The molecule has 0 heterocycles. The fourth-order valence-electron chi connectivity index (χ4n) is 5.01. The molecule has 4 heteroatoms. The third-order valence-corrected chi connectivity index (χ3v) is 5.73. The van der Waals surface area contributed by atoms with Crippen LogP contribution in [0.1, 0.15) is 38.5 Å². The van der Waals surface area contributed by atoms with E-state index in [1.807, 2.05) is 0 Å². The number of aliphatic hydroxyl groups is 1. The molecule has 4 N–H and O–H groups in total. The van der Waals surface area contributed by atoms with Crippen molar-refractivity contribution in [2.45, 2.75) is 44.1 Å². The average molecular weight is 253 g/mol. The van der Waals surface area contributed by atoms with Gasteiger partial charge in [0.1, 0.15) is 5.54 Å². The van der Waals surface area contributed by atoms with Gasteiger partial charge >= 0.3 is 5.97 Å². The number of aliphatic carboxylic acids is 1. The van der Waals surface area contributed by atoms with Crippen molar-refractivity contribution in [2.24, 2.45) is 35.3 Å². The van der Waals surface area contributed by atoms with E-state index in [4.69, 9.17) is 5.73 Å². The van der Waals surface area contributed by atoms with Crippen molar-refractivity contribution in [3.63, 3.8) is 0 Å². The second-order valence-electron chi connectivity index (χ2n) is 6.92. The van der Waals surface area contributed by atoms with Crippen LogP contribution in [0.25, 0.3) is 0 Å². The van der Waals surface area contributed by atoms with Crippen molar-refractivity contribution in [2.75, 3.05) is 6.61 Å². The van der Waals surface area contributed by atoms with Crippen LogP contribution in [0.5, 0.6) is 0 Å². The Labute approximate surface area is 108 Å². The first-order valence-corrected chi connectivity index (χ1v) is 7.15. The Morgan fingerprint density at radius 3 is 2.00 bits per heavy atom. The molecule has 1 unspecified atom stereocenters. The monoisotopic (exact) mass is 253 g/mol. The van der Waals surface area contributed by atoms with E-state index in [-0.39, 0.29) is 0 Å². The first-order valence-electron chi connectivity index (χ1n) is 7.15. The van der Waals surface area contributed by atoms with Crippen molar-refractivity contribution in [3.8, 4) is 0 Å². The predicted octanol–water partition coefficient (Wildman–Crippen LogP) is 1.22. The van der Waals surface area contributed by atoms with Gasteiger partial charge in [-0.05, 0) is 68.1 Å². The van der Waals surface area contributed by atoms with Crippen molar-refractivity contribution in [3.05, 3.63) is 0 Å². The number of carboxylic acid groups (broad SMARTS) is 1. The molecular weight excluding hydrogens is 230 g/mol. The zero-order valence-corrected chi connectivity index (χ0v) is 10.7. The van der Waals surface area contributed by atoms with Gasteiger partial charge in [0, 0.05) is 0 Å². The average Bonchev–Trinajstić information content (AvgIpc) is 2.32. The lowest BCUT2D eigenvalue weighted by atomic mass is 9.50. The molecule has 0 aromatic heterocycles. The number of aliphatic hydroxyl groups excluding tert-OH is 1. The number of nitrogens with two attached hydrogens (primary N) is 1. The van der Waals surface area contributed by atoms with Crippen LogP contribution >= 0.6 is 0 Å². The highest BCUT2D eigenvalue weighted by Crippen LogP contribution is 2.57. The van der Waals surface area contributed by atoms with Crippen LogP contribution in [0.4, 0.5) is 0 Å². The molecule has 4 fully saturated rings. The number of hydrogen-bond donors (Lipinski definition) is 3. The number of carbonyl (C=O) groups is 1. The molecule has 0 aromatic carbocycles. The summed E-state index contributed by atoms with van der Waals surface area (Å²) in [4.78, 5) is 11.2. The van der Waals surface area contributed by atoms with Crippen LogP contribution in [0.3, 0.4) is 0 Å². The molecule has 0 aliphatic heterocycles. The lowest BCUT2D eigenvalue weighted by molar-refractivity contribution is -0.147. The van der Waals surface area contributed by atoms with Crippen molar-refractivity contribution in [1.29, 1.82) is 0 Å². The Morgan fingerprint density at radius 1 is 1.11 bits per heavy atom. The van der Waals surface area contributed by atoms with Gasteiger partial charge in [-0.25, -0.2) is 0 Å². The van der Waals surface area contributed by atoms with Gasteiger partial charge in [0.2, 0.25) is 0 Å². The maximum absolute atomic E-state index is 11.2. The Balaban J connectivity index is 1.75. The van der Waals surface area contributed by atoms with Gasteiger partial charge in [0.15, 0.2) is 0 Å². The molecule has 4 nitrogen and oxygen atoms in total. The zero-order valence-electron chi connectivity index (χ0n) is 10.7. The van der Waals surface area contributed by atoms with Crippen molar-refractivity contribution >= 4 is 5.97 Å². The van der Waals surface area contributed by atoms with Crippen LogP contribution < -0.4 is 5.73 Å². The summed E-state index contributed by atoms with van der Waals surface area (Å²) < 4.78 is 0. The molecule has 1 atom stereocenters. The molecule has 0 radical (unpaired) electrons. The summed E-state index contributed by atoms with van der Waals surface area (Å²) in [5.41, 5.74) is 4.44. The normalized spacial score (nSPS) is 44.9. The molecular formula is C14H23NO3. The first-order chi connectivity index (χ1) is 8.51. The molecule has 0 aromatic rings. The minimum atomic E-state index is -1.43. The van der Waals surface area contributed by atoms with Gasteiger partial charge in [-0.3, -0.25) is 4.79 Å². The highest BCUT2D eigenvalue weighted by Gasteiger charge is 2.51. The molecule has 0 amide bonds. The van der Waals surface area contributed by atoms with Crippen molar-refractivity contribution < 1.29 is 15.0 Å². The lowest BCUT2D eigenvalue weighted by Gasteiger charge is -2.55. The van der Waals surface area contributed by atoms with E-state index in [2.05, 4.69) is 0 Å². The largest absolute Gasteiger partial charge is 0.480 e. The summed E-state index contributed by atoms with van der Waals surface area (Å²) >= 11 is 0. The molecule has 4 saturated carbocycles. The van der Waals surface area contributed by atoms with Crippen LogP contribution in [-0.2, 0) is 4.79 Å². The van der Waals surface area contributed by atoms with Gasteiger partial charge in [-0.1, -0.05) is 0 Å². The van der Waals surface area contributed by atoms with Crippen LogP contribution in [0.15, 0.2) is 0 Å². The second-order valence-corrected chi connectivity index (χ2v) is 6.92. The van der Waals surface area contributed by atoms with Gasteiger partial charge in [0.05, 0.1) is 6.61 Å². The van der Waals surface area contributed by atoms with Crippen molar-refractivity contribution in [1.82, 2.24) is 0 Å². The lowest BCUT2D eigenvalue weighted by Crippen LogP contribution is -2.56. The highest BCUT2D eigenvalue weighted by atomic mass is 16.4. The minimum Gasteiger partial charge on any atom is -0.480 e. The van der Waals surface area contributed by atoms with Crippen LogP contribution in [0.2, 0.25) is 0 Å². The Bertz CT molecular complexity index is 329. The molecule has 0 spiro atoms. The standard InChI is InChI=1S/C14H23NO3/c15-14(7-16,13(17)18)6-12-10-2-8-1-9(4-10)5-11(12)3-8/h8-12,16H,1-7,15H2,(H,17,18).